The fourth-order valence-corrected chi connectivity index (χ4v) is 8.48. The Morgan fingerprint density at radius 1 is 0.314 bits per heavy atom. The van der Waals surface area contributed by atoms with E-state index in [1.54, 1.807) is 11.3 Å². The molecule has 8 aromatic carbocycles. The van der Waals surface area contributed by atoms with E-state index in [2.05, 4.69) is 176 Å². The standard InChI is InChI=1S/C47H29N3S/c1-3-20-36-30(12-1)14-9-23-38(36)34-18-7-16-32(28-34)33-17-8-19-35(29-33)45-48-46(41-25-10-15-31-13-2-4-21-37(31)41)50-47(49-45)42-26-11-24-40-39-22-5-6-27-43(39)51-44(40)42/h1-29H. The highest BCUT2D eigenvalue weighted by atomic mass is 32.1. The number of aromatic nitrogens is 3. The zero-order chi connectivity index (χ0) is 33.7. The summed E-state index contributed by atoms with van der Waals surface area (Å²) in [5.41, 5.74) is 7.60. The van der Waals surface area contributed by atoms with E-state index < -0.39 is 0 Å². The van der Waals surface area contributed by atoms with Gasteiger partial charge in [0.2, 0.25) is 0 Å². The van der Waals surface area contributed by atoms with Gasteiger partial charge in [-0.1, -0.05) is 152 Å². The normalized spacial score (nSPS) is 11.5. The zero-order valence-electron chi connectivity index (χ0n) is 27.5. The summed E-state index contributed by atoms with van der Waals surface area (Å²) in [6, 6.07) is 62.2. The van der Waals surface area contributed by atoms with Gasteiger partial charge in [0.15, 0.2) is 17.5 Å². The Hall–Kier alpha value is -6.49. The first-order chi connectivity index (χ1) is 25.3. The summed E-state index contributed by atoms with van der Waals surface area (Å²) in [6.07, 6.45) is 0. The Labute approximate surface area is 299 Å². The molecule has 0 fully saturated rings. The van der Waals surface area contributed by atoms with Gasteiger partial charge in [0, 0.05) is 36.9 Å². The summed E-state index contributed by atoms with van der Waals surface area (Å²) in [5, 5.41) is 7.22. The summed E-state index contributed by atoms with van der Waals surface area (Å²) in [6.45, 7) is 0. The maximum Gasteiger partial charge on any atom is 0.165 e. The van der Waals surface area contributed by atoms with Crippen LogP contribution in [0.2, 0.25) is 0 Å². The predicted octanol–water partition coefficient (Wildman–Crippen LogP) is 12.9. The van der Waals surface area contributed by atoms with E-state index in [0.29, 0.717) is 17.5 Å². The van der Waals surface area contributed by atoms with E-state index in [4.69, 9.17) is 15.0 Å². The van der Waals surface area contributed by atoms with E-state index >= 15 is 0 Å². The van der Waals surface area contributed by atoms with Crippen molar-refractivity contribution in [1.29, 1.82) is 0 Å². The van der Waals surface area contributed by atoms with Crippen molar-refractivity contribution in [2.45, 2.75) is 0 Å². The molecule has 10 rings (SSSR count). The van der Waals surface area contributed by atoms with Gasteiger partial charge in [0.1, 0.15) is 0 Å². The number of rotatable bonds is 5. The van der Waals surface area contributed by atoms with Crippen LogP contribution < -0.4 is 0 Å². The Morgan fingerprint density at radius 2 is 0.784 bits per heavy atom. The van der Waals surface area contributed by atoms with Crippen LogP contribution in [-0.2, 0) is 0 Å². The zero-order valence-corrected chi connectivity index (χ0v) is 28.3. The highest BCUT2D eigenvalue weighted by molar-refractivity contribution is 7.26. The Morgan fingerprint density at radius 3 is 1.55 bits per heavy atom. The lowest BCUT2D eigenvalue weighted by Gasteiger charge is -2.12. The van der Waals surface area contributed by atoms with Crippen LogP contribution in [0.5, 0.6) is 0 Å². The topological polar surface area (TPSA) is 38.7 Å². The lowest BCUT2D eigenvalue weighted by atomic mass is 9.95. The van der Waals surface area contributed by atoms with E-state index in [1.165, 1.54) is 42.1 Å². The van der Waals surface area contributed by atoms with Crippen molar-refractivity contribution < 1.29 is 0 Å². The molecule has 0 atom stereocenters. The van der Waals surface area contributed by atoms with Crippen molar-refractivity contribution in [3.05, 3.63) is 176 Å². The third-order valence-electron chi connectivity index (χ3n) is 9.73. The largest absolute Gasteiger partial charge is 0.208 e. The second-order valence-electron chi connectivity index (χ2n) is 12.8. The van der Waals surface area contributed by atoms with Crippen molar-refractivity contribution in [3.63, 3.8) is 0 Å². The second kappa shape index (κ2) is 12.1. The maximum atomic E-state index is 5.22. The van der Waals surface area contributed by atoms with Crippen LogP contribution in [0.1, 0.15) is 0 Å². The Balaban J connectivity index is 1.15. The molecule has 238 valence electrons. The third-order valence-corrected chi connectivity index (χ3v) is 10.9. The molecule has 0 spiro atoms. The highest BCUT2D eigenvalue weighted by Gasteiger charge is 2.18. The molecule has 0 saturated heterocycles. The van der Waals surface area contributed by atoms with E-state index in [1.807, 2.05) is 0 Å². The summed E-state index contributed by atoms with van der Waals surface area (Å²) in [4.78, 5) is 15.6. The molecule has 10 aromatic rings. The molecule has 0 saturated carbocycles. The predicted molar refractivity (Wildman–Crippen MR) is 215 cm³/mol. The quantitative estimate of drug-likeness (QED) is 0.183. The molecule has 0 aliphatic heterocycles. The molecular formula is C47H29N3S. The molecule has 4 heteroatoms. The molecule has 0 radical (unpaired) electrons. The summed E-state index contributed by atoms with van der Waals surface area (Å²) < 4.78 is 2.43. The minimum atomic E-state index is 0.646. The molecule has 0 amide bonds. The van der Waals surface area contributed by atoms with Crippen LogP contribution in [0.25, 0.3) is 98.1 Å². The number of fused-ring (bicyclic) bond motifs is 5. The van der Waals surface area contributed by atoms with Crippen LogP contribution >= 0.6 is 11.3 Å². The lowest BCUT2D eigenvalue weighted by molar-refractivity contribution is 1.08. The lowest BCUT2D eigenvalue weighted by Crippen LogP contribution is -2.00. The monoisotopic (exact) mass is 667 g/mol. The minimum absolute atomic E-state index is 0.646. The first-order valence-electron chi connectivity index (χ1n) is 17.1. The van der Waals surface area contributed by atoms with Gasteiger partial charge in [-0.05, 0) is 68.1 Å². The highest BCUT2D eigenvalue weighted by Crippen LogP contribution is 2.40. The molecule has 3 nitrogen and oxygen atoms in total. The van der Waals surface area contributed by atoms with Crippen LogP contribution in [0, 0.1) is 0 Å². The fourth-order valence-electron chi connectivity index (χ4n) is 7.27. The SMILES string of the molecule is c1cc(-c2cccc(-c3cccc4ccccc34)c2)cc(-c2nc(-c3cccc4ccccc34)nc(-c3cccc4c3sc3ccccc34)n2)c1. The van der Waals surface area contributed by atoms with Gasteiger partial charge < -0.3 is 0 Å². The van der Waals surface area contributed by atoms with Gasteiger partial charge >= 0.3 is 0 Å². The average molecular weight is 668 g/mol. The van der Waals surface area contributed by atoms with Crippen LogP contribution in [-0.4, -0.2) is 15.0 Å². The van der Waals surface area contributed by atoms with Crippen LogP contribution in [0.4, 0.5) is 0 Å². The Kier molecular flexibility index (Phi) is 7.00. The number of nitrogens with zero attached hydrogens (tertiary/aromatic N) is 3. The first kappa shape index (κ1) is 29.4. The van der Waals surface area contributed by atoms with E-state index in [0.717, 1.165) is 38.6 Å². The van der Waals surface area contributed by atoms with Crippen molar-refractivity contribution >= 4 is 53.1 Å². The number of hydrogen-bond donors (Lipinski definition) is 0. The number of thiophene rings is 1. The van der Waals surface area contributed by atoms with Gasteiger partial charge in [0.25, 0.3) is 0 Å². The fraction of sp³-hybridized carbons (Fsp3) is 0. The summed E-state index contributed by atoms with van der Waals surface area (Å²) in [7, 11) is 0. The number of hydrogen-bond acceptors (Lipinski definition) is 4. The smallest absolute Gasteiger partial charge is 0.165 e. The van der Waals surface area contributed by atoms with Gasteiger partial charge in [-0.15, -0.1) is 11.3 Å². The molecule has 0 N–H and O–H groups in total. The molecule has 0 aliphatic carbocycles. The first-order valence-corrected chi connectivity index (χ1v) is 17.9. The molecule has 2 aromatic heterocycles. The van der Waals surface area contributed by atoms with Gasteiger partial charge in [-0.25, -0.2) is 15.0 Å². The molecule has 0 aliphatic rings. The summed E-state index contributed by atoms with van der Waals surface area (Å²) in [5.74, 6) is 1.98. The summed E-state index contributed by atoms with van der Waals surface area (Å²) >= 11 is 1.79. The maximum absolute atomic E-state index is 5.22. The minimum Gasteiger partial charge on any atom is -0.208 e. The third kappa shape index (κ3) is 5.16. The van der Waals surface area contributed by atoms with Gasteiger partial charge in [-0.2, -0.15) is 0 Å². The van der Waals surface area contributed by atoms with E-state index in [9.17, 15) is 0 Å². The van der Waals surface area contributed by atoms with Crippen LogP contribution in [0.15, 0.2) is 176 Å². The molecule has 0 unspecified atom stereocenters. The molecule has 51 heavy (non-hydrogen) atoms. The van der Waals surface area contributed by atoms with E-state index in [-0.39, 0.29) is 0 Å². The molecule has 0 bridgehead atoms. The van der Waals surface area contributed by atoms with Crippen LogP contribution in [0.3, 0.4) is 0 Å². The van der Waals surface area contributed by atoms with Gasteiger partial charge in [-0.3, -0.25) is 0 Å². The van der Waals surface area contributed by atoms with Crippen molar-refractivity contribution in [1.82, 2.24) is 15.0 Å². The van der Waals surface area contributed by atoms with Crippen molar-refractivity contribution in [2.24, 2.45) is 0 Å². The molecule has 2 heterocycles. The Bertz CT molecular complexity index is 2930. The second-order valence-corrected chi connectivity index (χ2v) is 13.9. The number of benzene rings is 8. The van der Waals surface area contributed by atoms with Crippen molar-refractivity contribution in [2.75, 3.05) is 0 Å². The van der Waals surface area contributed by atoms with Gasteiger partial charge in [0.05, 0.1) is 0 Å². The average Bonchev–Trinajstić information content (AvgIpc) is 3.59. The van der Waals surface area contributed by atoms with Crippen molar-refractivity contribution in [3.8, 4) is 56.4 Å². The molecular weight excluding hydrogens is 639 g/mol.